The molecule has 0 radical (unpaired) electrons. The monoisotopic (exact) mass is 438 g/mol. The van der Waals surface area contributed by atoms with Crippen molar-refractivity contribution in [3.05, 3.63) is 94.3 Å². The fraction of sp³-hybridized carbons (Fsp3) is 0.167. The van der Waals surface area contributed by atoms with Crippen molar-refractivity contribution in [1.82, 2.24) is 5.32 Å². The van der Waals surface area contributed by atoms with Crippen molar-refractivity contribution < 1.29 is 18.7 Å². The zero-order chi connectivity index (χ0) is 21.8. The molecule has 1 aliphatic rings. The summed E-state index contributed by atoms with van der Waals surface area (Å²) in [5.74, 6) is -0.186. The van der Waals surface area contributed by atoms with Crippen LogP contribution in [0.15, 0.2) is 66.7 Å². The lowest BCUT2D eigenvalue weighted by Crippen LogP contribution is -2.29. The number of rotatable bonds is 6. The number of carbonyl (C=O) groups is 2. The van der Waals surface area contributed by atoms with Crippen molar-refractivity contribution >= 4 is 29.1 Å². The number of halogens is 2. The molecule has 3 aromatic rings. The second kappa shape index (κ2) is 9.18. The van der Waals surface area contributed by atoms with E-state index in [0.717, 1.165) is 23.2 Å². The number of fused-ring (bicyclic) bond motifs is 1. The average molecular weight is 439 g/mol. The van der Waals surface area contributed by atoms with E-state index in [1.165, 1.54) is 24.3 Å². The van der Waals surface area contributed by atoms with Crippen LogP contribution in [0.1, 0.15) is 21.5 Å². The summed E-state index contributed by atoms with van der Waals surface area (Å²) in [6.07, 6.45) is 0.726. The van der Waals surface area contributed by atoms with Gasteiger partial charge in [-0.2, -0.15) is 0 Å². The van der Waals surface area contributed by atoms with Crippen LogP contribution in [0, 0.1) is 5.82 Å². The number of carbonyl (C=O) groups excluding carboxylic acids is 2. The van der Waals surface area contributed by atoms with Crippen LogP contribution in [-0.4, -0.2) is 25.0 Å². The van der Waals surface area contributed by atoms with Gasteiger partial charge in [0.15, 0.2) is 6.61 Å². The minimum Gasteiger partial charge on any atom is -0.484 e. The molecule has 7 heteroatoms. The van der Waals surface area contributed by atoms with E-state index in [1.807, 2.05) is 18.2 Å². The molecule has 3 aromatic carbocycles. The maximum atomic E-state index is 13.1. The smallest absolute Gasteiger partial charge is 0.258 e. The number of hydrogen-bond acceptors (Lipinski definition) is 3. The van der Waals surface area contributed by atoms with Crippen molar-refractivity contribution in [3.8, 4) is 5.75 Å². The molecule has 0 spiro atoms. The number of benzene rings is 3. The molecule has 0 saturated heterocycles. The van der Waals surface area contributed by atoms with Crippen molar-refractivity contribution in [1.29, 1.82) is 0 Å². The zero-order valence-electron chi connectivity index (χ0n) is 16.6. The molecule has 31 heavy (non-hydrogen) atoms. The van der Waals surface area contributed by atoms with Crippen LogP contribution in [0.2, 0.25) is 5.02 Å². The Morgan fingerprint density at radius 3 is 2.52 bits per heavy atom. The molecule has 0 atom stereocenters. The van der Waals surface area contributed by atoms with Gasteiger partial charge in [0.1, 0.15) is 11.6 Å². The first-order chi connectivity index (χ1) is 15.0. The van der Waals surface area contributed by atoms with E-state index in [1.54, 1.807) is 29.2 Å². The number of anilines is 1. The lowest BCUT2D eigenvalue weighted by Gasteiger charge is -2.18. The molecule has 4 rings (SSSR count). The predicted molar refractivity (Wildman–Crippen MR) is 117 cm³/mol. The molecule has 0 aliphatic carbocycles. The predicted octanol–water partition coefficient (Wildman–Crippen LogP) is 4.38. The fourth-order valence-corrected chi connectivity index (χ4v) is 3.58. The van der Waals surface area contributed by atoms with Gasteiger partial charge in [0, 0.05) is 29.4 Å². The quantitative estimate of drug-likeness (QED) is 0.621. The standard InChI is InChI=1S/C24H20ClFN2O3/c25-19-4-8-21(9-5-19)31-15-23(29)27-14-16-1-10-22-18(13-16)11-12-28(22)24(30)17-2-6-20(26)7-3-17/h1-10,13H,11-12,14-15H2,(H,27,29). The number of hydrogen-bond donors (Lipinski definition) is 1. The molecule has 0 saturated carbocycles. The molecule has 1 N–H and O–H groups in total. The molecule has 158 valence electrons. The van der Waals surface area contributed by atoms with Gasteiger partial charge < -0.3 is 15.0 Å². The summed E-state index contributed by atoms with van der Waals surface area (Å²) in [4.78, 5) is 26.5. The van der Waals surface area contributed by atoms with Crippen molar-refractivity contribution in [2.75, 3.05) is 18.1 Å². The van der Waals surface area contributed by atoms with Gasteiger partial charge in [-0.05, 0) is 72.1 Å². The van der Waals surface area contributed by atoms with Crippen LogP contribution in [0.5, 0.6) is 5.75 Å². The molecule has 0 unspecified atom stereocenters. The highest BCUT2D eigenvalue weighted by Gasteiger charge is 2.25. The van der Waals surface area contributed by atoms with Crippen LogP contribution in [0.4, 0.5) is 10.1 Å². The maximum Gasteiger partial charge on any atom is 0.258 e. The Kier molecular flexibility index (Phi) is 6.18. The van der Waals surface area contributed by atoms with Crippen molar-refractivity contribution in [2.45, 2.75) is 13.0 Å². The summed E-state index contributed by atoms with van der Waals surface area (Å²) >= 11 is 5.83. The van der Waals surface area contributed by atoms with Gasteiger partial charge in [0.25, 0.3) is 11.8 Å². The third-order valence-electron chi connectivity index (χ3n) is 5.05. The Balaban J connectivity index is 1.33. The molecule has 0 aromatic heterocycles. The van der Waals surface area contributed by atoms with Crippen LogP contribution in [0.25, 0.3) is 0 Å². The van der Waals surface area contributed by atoms with Gasteiger partial charge >= 0.3 is 0 Å². The first-order valence-electron chi connectivity index (χ1n) is 9.84. The molecule has 5 nitrogen and oxygen atoms in total. The summed E-state index contributed by atoms with van der Waals surface area (Å²) in [6.45, 7) is 0.838. The van der Waals surface area contributed by atoms with Gasteiger partial charge in [-0.25, -0.2) is 4.39 Å². The first-order valence-corrected chi connectivity index (χ1v) is 10.2. The van der Waals surface area contributed by atoms with Gasteiger partial charge in [-0.1, -0.05) is 23.7 Å². The van der Waals surface area contributed by atoms with E-state index in [4.69, 9.17) is 16.3 Å². The minimum atomic E-state index is -0.372. The number of nitrogens with one attached hydrogen (secondary N) is 1. The number of ether oxygens (including phenoxy) is 1. The highest BCUT2D eigenvalue weighted by molar-refractivity contribution is 6.30. The largest absolute Gasteiger partial charge is 0.484 e. The normalized spacial score (nSPS) is 12.4. The minimum absolute atomic E-state index is 0.0908. The van der Waals surface area contributed by atoms with Gasteiger partial charge in [-0.3, -0.25) is 9.59 Å². The lowest BCUT2D eigenvalue weighted by atomic mass is 10.1. The Morgan fingerprint density at radius 1 is 1.03 bits per heavy atom. The molecule has 0 bridgehead atoms. The SMILES string of the molecule is O=C(COc1ccc(Cl)cc1)NCc1ccc2c(c1)CCN2C(=O)c1ccc(F)cc1. The Morgan fingerprint density at radius 2 is 1.77 bits per heavy atom. The lowest BCUT2D eigenvalue weighted by molar-refractivity contribution is -0.123. The molecular formula is C24H20ClFN2O3. The highest BCUT2D eigenvalue weighted by atomic mass is 35.5. The van der Waals surface area contributed by atoms with Gasteiger partial charge in [0.2, 0.25) is 0 Å². The topological polar surface area (TPSA) is 58.6 Å². The van der Waals surface area contributed by atoms with E-state index < -0.39 is 0 Å². The third-order valence-corrected chi connectivity index (χ3v) is 5.30. The van der Waals surface area contributed by atoms with E-state index in [0.29, 0.717) is 29.4 Å². The van der Waals surface area contributed by atoms with Crippen molar-refractivity contribution in [3.63, 3.8) is 0 Å². The zero-order valence-corrected chi connectivity index (χ0v) is 17.4. The second-order valence-corrected chi connectivity index (χ2v) is 7.63. The summed E-state index contributed by atoms with van der Waals surface area (Å²) in [7, 11) is 0. The molecule has 0 fully saturated rings. The third kappa shape index (κ3) is 5.03. The van der Waals surface area contributed by atoms with E-state index >= 15 is 0 Å². The van der Waals surface area contributed by atoms with Crippen molar-refractivity contribution in [2.24, 2.45) is 0 Å². The molecule has 2 amide bonds. The Bertz CT molecular complexity index is 1100. The second-order valence-electron chi connectivity index (χ2n) is 7.20. The summed E-state index contributed by atoms with van der Waals surface area (Å²) in [5.41, 5.74) is 3.27. The highest BCUT2D eigenvalue weighted by Crippen LogP contribution is 2.30. The molecule has 1 aliphatic heterocycles. The average Bonchev–Trinajstić information content (AvgIpc) is 3.20. The Hall–Kier alpha value is -3.38. The van der Waals surface area contributed by atoms with E-state index in [9.17, 15) is 14.0 Å². The van der Waals surface area contributed by atoms with Gasteiger partial charge in [0.05, 0.1) is 0 Å². The maximum absolute atomic E-state index is 13.1. The molecular weight excluding hydrogens is 419 g/mol. The van der Waals surface area contributed by atoms with Crippen LogP contribution >= 0.6 is 11.6 Å². The summed E-state index contributed by atoms with van der Waals surface area (Å²) < 4.78 is 18.6. The Labute approximate surface area is 184 Å². The molecule has 1 heterocycles. The number of amides is 2. The summed E-state index contributed by atoms with van der Waals surface area (Å²) in [6, 6.07) is 18.1. The first kappa shape index (κ1) is 20.9. The summed E-state index contributed by atoms with van der Waals surface area (Å²) in [5, 5.41) is 3.43. The van der Waals surface area contributed by atoms with E-state index in [-0.39, 0.29) is 24.2 Å². The fourth-order valence-electron chi connectivity index (χ4n) is 3.46. The van der Waals surface area contributed by atoms with E-state index in [2.05, 4.69) is 5.32 Å². The van der Waals surface area contributed by atoms with Crippen LogP contribution < -0.4 is 15.0 Å². The van der Waals surface area contributed by atoms with Crippen LogP contribution in [-0.2, 0) is 17.8 Å². The number of nitrogens with zero attached hydrogens (tertiary/aromatic N) is 1. The van der Waals surface area contributed by atoms with Crippen LogP contribution in [0.3, 0.4) is 0 Å². The van der Waals surface area contributed by atoms with Gasteiger partial charge in [-0.15, -0.1) is 0 Å².